The molecule has 0 bridgehead atoms. The molecule has 7 nitrogen and oxygen atoms in total. The van der Waals surface area contributed by atoms with Crippen LogP contribution < -0.4 is 9.62 Å². The first-order chi connectivity index (χ1) is 13.9. The number of anilines is 2. The number of halogens is 1. The maximum Gasteiger partial charge on any atom is 0.256 e. The maximum atomic E-state index is 12.8. The molecule has 0 aliphatic carbocycles. The monoisotopic (exact) mass is 430 g/mol. The van der Waals surface area contributed by atoms with Crippen LogP contribution in [0.15, 0.2) is 60.8 Å². The third-order valence-electron chi connectivity index (χ3n) is 4.73. The molecular formula is C20H19ClN4O3S. The Hall–Kier alpha value is -2.84. The fraction of sp³-hybridized carbons (Fsp3) is 0.200. The van der Waals surface area contributed by atoms with E-state index in [4.69, 9.17) is 11.6 Å². The van der Waals surface area contributed by atoms with E-state index in [0.717, 1.165) is 5.56 Å². The highest BCUT2D eigenvalue weighted by Gasteiger charge is 2.28. The molecule has 2 aromatic carbocycles. The van der Waals surface area contributed by atoms with E-state index in [1.54, 1.807) is 47.3 Å². The number of nitrogens with one attached hydrogen (secondary N) is 1. The van der Waals surface area contributed by atoms with Crippen molar-refractivity contribution in [1.82, 2.24) is 9.78 Å². The van der Waals surface area contributed by atoms with Crippen LogP contribution in [-0.4, -0.2) is 36.4 Å². The SMILES string of the molecule is O=C(Nc1ccnn1Cc1ccccc1Cl)c1cccc(N2CCCS2(=O)=O)c1. The van der Waals surface area contributed by atoms with E-state index >= 15 is 0 Å². The first-order valence-corrected chi connectivity index (χ1v) is 11.1. The summed E-state index contributed by atoms with van der Waals surface area (Å²) in [5.41, 5.74) is 1.75. The average molecular weight is 431 g/mol. The molecular weight excluding hydrogens is 412 g/mol. The zero-order chi connectivity index (χ0) is 20.4. The molecule has 1 aliphatic rings. The molecule has 1 fully saturated rings. The van der Waals surface area contributed by atoms with Crippen LogP contribution in [0.5, 0.6) is 0 Å². The Morgan fingerprint density at radius 1 is 1.14 bits per heavy atom. The van der Waals surface area contributed by atoms with Crippen LogP contribution in [0.3, 0.4) is 0 Å². The minimum atomic E-state index is -3.30. The number of benzene rings is 2. The summed E-state index contributed by atoms with van der Waals surface area (Å²) in [4.78, 5) is 12.8. The van der Waals surface area contributed by atoms with Crippen molar-refractivity contribution in [1.29, 1.82) is 0 Å². The smallest absolute Gasteiger partial charge is 0.256 e. The molecule has 1 aliphatic heterocycles. The van der Waals surface area contributed by atoms with E-state index in [-0.39, 0.29) is 11.7 Å². The molecule has 0 radical (unpaired) electrons. The third kappa shape index (κ3) is 4.13. The molecule has 1 saturated heterocycles. The highest BCUT2D eigenvalue weighted by Crippen LogP contribution is 2.25. The second kappa shape index (κ2) is 7.88. The van der Waals surface area contributed by atoms with E-state index in [1.807, 2.05) is 18.2 Å². The fourth-order valence-electron chi connectivity index (χ4n) is 3.27. The molecule has 0 saturated carbocycles. The predicted molar refractivity (Wildman–Crippen MR) is 113 cm³/mol. The van der Waals surface area contributed by atoms with Gasteiger partial charge in [0.05, 0.1) is 24.2 Å². The van der Waals surface area contributed by atoms with E-state index < -0.39 is 10.0 Å². The normalized spacial score (nSPS) is 15.4. The van der Waals surface area contributed by atoms with Gasteiger partial charge < -0.3 is 5.32 Å². The summed E-state index contributed by atoms with van der Waals surface area (Å²) >= 11 is 6.22. The van der Waals surface area contributed by atoms with E-state index in [0.29, 0.717) is 41.6 Å². The molecule has 150 valence electrons. The lowest BCUT2D eigenvalue weighted by Crippen LogP contribution is -2.25. The molecule has 1 N–H and O–H groups in total. The van der Waals surface area contributed by atoms with Crippen molar-refractivity contribution in [2.24, 2.45) is 0 Å². The minimum absolute atomic E-state index is 0.130. The standard InChI is InChI=1S/C20H19ClN4O3S/c21-18-8-2-1-5-16(18)14-24-19(9-10-22-24)23-20(26)15-6-3-7-17(13-15)25-11-4-12-29(25,27)28/h1-3,5-10,13H,4,11-12,14H2,(H,23,26). The van der Waals surface area contributed by atoms with Crippen LogP contribution >= 0.6 is 11.6 Å². The van der Waals surface area contributed by atoms with Crippen LogP contribution in [-0.2, 0) is 16.6 Å². The highest BCUT2D eigenvalue weighted by molar-refractivity contribution is 7.93. The maximum absolute atomic E-state index is 12.8. The molecule has 9 heteroatoms. The second-order valence-corrected chi connectivity index (χ2v) is 9.13. The Labute approximate surface area is 174 Å². The number of carbonyl (C=O) groups is 1. The molecule has 4 rings (SSSR count). The Bertz CT molecular complexity index is 1160. The van der Waals surface area contributed by atoms with Crippen molar-refractivity contribution >= 4 is 39.0 Å². The van der Waals surface area contributed by atoms with Crippen molar-refractivity contribution in [2.75, 3.05) is 21.9 Å². The summed E-state index contributed by atoms with van der Waals surface area (Å²) in [5, 5.41) is 7.72. The fourth-order valence-corrected chi connectivity index (χ4v) is 5.02. The summed E-state index contributed by atoms with van der Waals surface area (Å²) in [6, 6.07) is 15.8. The van der Waals surface area contributed by atoms with Crippen LogP contribution in [0.1, 0.15) is 22.3 Å². The quantitative estimate of drug-likeness (QED) is 0.672. The molecule has 2 heterocycles. The van der Waals surface area contributed by atoms with Gasteiger partial charge in [0.25, 0.3) is 5.91 Å². The number of carbonyl (C=O) groups excluding carboxylic acids is 1. The Morgan fingerprint density at radius 3 is 2.72 bits per heavy atom. The summed E-state index contributed by atoms with van der Waals surface area (Å²) in [5.74, 6) is 0.309. The average Bonchev–Trinajstić information content (AvgIpc) is 3.29. The first kappa shape index (κ1) is 19.5. The van der Waals surface area contributed by atoms with E-state index in [9.17, 15) is 13.2 Å². The largest absolute Gasteiger partial charge is 0.307 e. The van der Waals surface area contributed by atoms with Gasteiger partial charge in [0, 0.05) is 23.2 Å². The van der Waals surface area contributed by atoms with Crippen LogP contribution in [0.2, 0.25) is 5.02 Å². The highest BCUT2D eigenvalue weighted by atomic mass is 35.5. The zero-order valence-corrected chi connectivity index (χ0v) is 17.0. The second-order valence-electron chi connectivity index (χ2n) is 6.71. The Morgan fingerprint density at radius 2 is 1.97 bits per heavy atom. The van der Waals surface area contributed by atoms with Gasteiger partial charge in [-0.05, 0) is 36.2 Å². The number of amides is 1. The molecule has 0 spiro atoms. The summed E-state index contributed by atoms with van der Waals surface area (Å²) < 4.78 is 27.3. The van der Waals surface area contributed by atoms with Crippen LogP contribution in [0.25, 0.3) is 0 Å². The van der Waals surface area contributed by atoms with Gasteiger partial charge in [0.15, 0.2) is 0 Å². The first-order valence-electron chi connectivity index (χ1n) is 9.11. The van der Waals surface area contributed by atoms with E-state index in [2.05, 4.69) is 10.4 Å². The minimum Gasteiger partial charge on any atom is -0.307 e. The summed E-state index contributed by atoms with van der Waals surface area (Å²) in [6.07, 6.45) is 2.18. The number of rotatable bonds is 5. The third-order valence-corrected chi connectivity index (χ3v) is 6.97. The van der Waals surface area contributed by atoms with Crippen molar-refractivity contribution in [3.63, 3.8) is 0 Å². The molecule has 1 aromatic heterocycles. The number of sulfonamides is 1. The van der Waals surface area contributed by atoms with Gasteiger partial charge in [-0.15, -0.1) is 0 Å². The lowest BCUT2D eigenvalue weighted by molar-refractivity contribution is 0.102. The zero-order valence-electron chi connectivity index (χ0n) is 15.5. The molecule has 29 heavy (non-hydrogen) atoms. The predicted octanol–water partition coefficient (Wildman–Crippen LogP) is 3.38. The van der Waals surface area contributed by atoms with Gasteiger partial charge in [0.2, 0.25) is 10.0 Å². The van der Waals surface area contributed by atoms with Gasteiger partial charge in [-0.1, -0.05) is 35.9 Å². The number of hydrogen-bond acceptors (Lipinski definition) is 4. The summed E-state index contributed by atoms with van der Waals surface area (Å²) in [7, 11) is -3.30. The van der Waals surface area contributed by atoms with Gasteiger partial charge in [0.1, 0.15) is 5.82 Å². The lowest BCUT2D eigenvalue weighted by Gasteiger charge is -2.17. The number of hydrogen-bond donors (Lipinski definition) is 1. The topological polar surface area (TPSA) is 84.3 Å². The van der Waals surface area contributed by atoms with Crippen molar-refractivity contribution in [3.05, 3.63) is 76.9 Å². The van der Waals surface area contributed by atoms with Crippen LogP contribution in [0.4, 0.5) is 11.5 Å². The van der Waals surface area contributed by atoms with Gasteiger partial charge in [-0.25, -0.2) is 13.1 Å². The van der Waals surface area contributed by atoms with Crippen molar-refractivity contribution in [3.8, 4) is 0 Å². The van der Waals surface area contributed by atoms with Crippen molar-refractivity contribution in [2.45, 2.75) is 13.0 Å². The molecule has 0 atom stereocenters. The van der Waals surface area contributed by atoms with Gasteiger partial charge >= 0.3 is 0 Å². The van der Waals surface area contributed by atoms with Crippen LogP contribution in [0, 0.1) is 0 Å². The Balaban J connectivity index is 1.53. The summed E-state index contributed by atoms with van der Waals surface area (Å²) in [6.45, 7) is 0.840. The number of aromatic nitrogens is 2. The molecule has 1 amide bonds. The van der Waals surface area contributed by atoms with E-state index in [1.165, 1.54) is 4.31 Å². The van der Waals surface area contributed by atoms with Crippen molar-refractivity contribution < 1.29 is 13.2 Å². The molecule has 3 aromatic rings. The van der Waals surface area contributed by atoms with Gasteiger partial charge in [-0.2, -0.15) is 5.10 Å². The Kier molecular flexibility index (Phi) is 5.29. The molecule has 0 unspecified atom stereocenters. The lowest BCUT2D eigenvalue weighted by atomic mass is 10.2. The number of nitrogens with zero attached hydrogens (tertiary/aromatic N) is 3. The van der Waals surface area contributed by atoms with Gasteiger partial charge in [-0.3, -0.25) is 9.10 Å².